The van der Waals surface area contributed by atoms with Crippen LogP contribution in [0, 0.1) is 0 Å². The number of carboxylic acids is 1. The number of carboxylic acid groups (broad SMARTS) is 1. The Labute approximate surface area is 121 Å². The van der Waals surface area contributed by atoms with Crippen LogP contribution >= 0.6 is 11.6 Å². The fourth-order valence-corrected chi connectivity index (χ4v) is 2.11. The van der Waals surface area contributed by atoms with Crippen LogP contribution in [0.15, 0.2) is 24.3 Å². The summed E-state index contributed by atoms with van der Waals surface area (Å²) in [5.74, 6) is -0.837. The highest BCUT2D eigenvalue weighted by Gasteiger charge is 2.31. The molecule has 1 unspecified atom stereocenters. The number of rotatable bonds is 4. The molecule has 1 aliphatic rings. The topological polar surface area (TPSA) is 78.9 Å². The Morgan fingerprint density at radius 2 is 2.10 bits per heavy atom. The fourth-order valence-electron chi connectivity index (χ4n) is 1.98. The molecule has 0 aliphatic carbocycles. The van der Waals surface area contributed by atoms with Gasteiger partial charge in [0.05, 0.1) is 0 Å². The van der Waals surface area contributed by atoms with E-state index in [1.807, 2.05) is 0 Å². The van der Waals surface area contributed by atoms with Crippen LogP contribution in [-0.2, 0) is 9.59 Å². The monoisotopic (exact) mass is 298 g/mol. The van der Waals surface area contributed by atoms with E-state index in [1.54, 1.807) is 24.3 Å². The van der Waals surface area contributed by atoms with E-state index in [4.69, 9.17) is 21.4 Å². The summed E-state index contributed by atoms with van der Waals surface area (Å²) in [5.41, 5.74) is 0. The second kappa shape index (κ2) is 6.58. The molecule has 2 rings (SSSR count). The van der Waals surface area contributed by atoms with Crippen LogP contribution in [0.3, 0.4) is 0 Å². The molecule has 0 aromatic heterocycles. The van der Waals surface area contributed by atoms with Crippen molar-refractivity contribution in [1.29, 1.82) is 0 Å². The van der Waals surface area contributed by atoms with Crippen molar-refractivity contribution in [2.75, 3.05) is 26.2 Å². The van der Waals surface area contributed by atoms with Crippen molar-refractivity contribution in [3.05, 3.63) is 29.3 Å². The van der Waals surface area contributed by atoms with Gasteiger partial charge >= 0.3 is 5.97 Å². The Hall–Kier alpha value is -1.79. The number of hydrogen-bond donors (Lipinski definition) is 2. The van der Waals surface area contributed by atoms with Gasteiger partial charge in [0, 0.05) is 24.7 Å². The molecule has 1 aliphatic heterocycles. The highest BCUT2D eigenvalue weighted by atomic mass is 35.5. The van der Waals surface area contributed by atoms with Gasteiger partial charge in [-0.2, -0.15) is 0 Å². The number of halogens is 1. The van der Waals surface area contributed by atoms with Gasteiger partial charge in [0.15, 0.2) is 6.61 Å². The quantitative estimate of drug-likeness (QED) is 0.851. The van der Waals surface area contributed by atoms with Gasteiger partial charge < -0.3 is 20.1 Å². The number of ether oxygens (including phenoxy) is 1. The van der Waals surface area contributed by atoms with Crippen molar-refractivity contribution in [1.82, 2.24) is 10.2 Å². The molecule has 1 saturated heterocycles. The molecule has 1 amide bonds. The highest BCUT2D eigenvalue weighted by Crippen LogP contribution is 2.15. The first kappa shape index (κ1) is 14.6. The molecule has 0 bridgehead atoms. The van der Waals surface area contributed by atoms with E-state index in [9.17, 15) is 9.59 Å². The van der Waals surface area contributed by atoms with Gasteiger partial charge in [-0.25, -0.2) is 4.79 Å². The first-order valence-corrected chi connectivity index (χ1v) is 6.57. The Bertz CT molecular complexity index is 492. The zero-order valence-corrected chi connectivity index (χ0v) is 11.5. The van der Waals surface area contributed by atoms with Gasteiger partial charge in [-0.15, -0.1) is 0 Å². The summed E-state index contributed by atoms with van der Waals surface area (Å²) in [5, 5.41) is 12.6. The van der Waals surface area contributed by atoms with Gasteiger partial charge in [-0.1, -0.05) is 11.6 Å². The maximum absolute atomic E-state index is 12.0. The second-order valence-electron chi connectivity index (χ2n) is 4.39. The number of benzene rings is 1. The summed E-state index contributed by atoms with van der Waals surface area (Å²) in [6, 6.07) is 5.79. The minimum atomic E-state index is -1.02. The number of amides is 1. The average molecular weight is 299 g/mol. The average Bonchev–Trinajstić information content (AvgIpc) is 2.46. The lowest BCUT2D eigenvalue weighted by molar-refractivity contribution is -0.152. The number of nitrogens with one attached hydrogen (secondary N) is 1. The molecule has 1 aromatic rings. The summed E-state index contributed by atoms with van der Waals surface area (Å²) in [7, 11) is 0. The SMILES string of the molecule is O=C(O)C1CNCCN1C(=O)COc1ccc(Cl)cc1. The highest BCUT2D eigenvalue weighted by molar-refractivity contribution is 6.30. The van der Waals surface area contributed by atoms with Crippen LogP contribution in [0.1, 0.15) is 0 Å². The van der Waals surface area contributed by atoms with Crippen molar-refractivity contribution in [3.8, 4) is 5.75 Å². The predicted octanol–water partition coefficient (Wildman–Crippen LogP) is 0.604. The second-order valence-corrected chi connectivity index (χ2v) is 4.82. The van der Waals surface area contributed by atoms with Gasteiger partial charge in [-0.3, -0.25) is 4.79 Å². The summed E-state index contributed by atoms with van der Waals surface area (Å²) < 4.78 is 5.34. The maximum atomic E-state index is 12.0. The third-order valence-electron chi connectivity index (χ3n) is 3.02. The number of aliphatic carboxylic acids is 1. The third-order valence-corrected chi connectivity index (χ3v) is 3.28. The van der Waals surface area contributed by atoms with Crippen LogP contribution in [-0.4, -0.2) is 54.2 Å². The number of carbonyl (C=O) groups is 2. The first-order valence-electron chi connectivity index (χ1n) is 6.19. The van der Waals surface area contributed by atoms with E-state index in [-0.39, 0.29) is 19.1 Å². The van der Waals surface area contributed by atoms with E-state index >= 15 is 0 Å². The Kier molecular flexibility index (Phi) is 4.81. The lowest BCUT2D eigenvalue weighted by Crippen LogP contribution is -2.57. The van der Waals surface area contributed by atoms with Crippen LogP contribution in [0.5, 0.6) is 5.75 Å². The minimum absolute atomic E-state index is 0.189. The standard InChI is InChI=1S/C13H15ClN2O4/c14-9-1-3-10(4-2-9)20-8-12(17)16-6-5-15-7-11(16)13(18)19/h1-4,11,15H,5-8H2,(H,18,19). The maximum Gasteiger partial charge on any atom is 0.327 e. The van der Waals surface area contributed by atoms with Crippen molar-refractivity contribution in [2.45, 2.75) is 6.04 Å². The first-order chi connectivity index (χ1) is 9.58. The van der Waals surface area contributed by atoms with Crippen LogP contribution in [0.2, 0.25) is 5.02 Å². The minimum Gasteiger partial charge on any atom is -0.484 e. The van der Waals surface area contributed by atoms with Crippen LogP contribution < -0.4 is 10.1 Å². The lowest BCUT2D eigenvalue weighted by Gasteiger charge is -2.33. The van der Waals surface area contributed by atoms with Gasteiger partial charge in [-0.05, 0) is 24.3 Å². The predicted molar refractivity (Wildman–Crippen MR) is 73.0 cm³/mol. The molecule has 0 saturated carbocycles. The molecular formula is C13H15ClN2O4. The number of piperazine rings is 1. The molecule has 1 heterocycles. The number of nitrogens with zero attached hydrogens (tertiary/aromatic N) is 1. The Morgan fingerprint density at radius 3 is 2.75 bits per heavy atom. The molecule has 108 valence electrons. The van der Waals surface area contributed by atoms with Crippen molar-refractivity contribution in [2.24, 2.45) is 0 Å². The smallest absolute Gasteiger partial charge is 0.327 e. The lowest BCUT2D eigenvalue weighted by atomic mass is 10.2. The summed E-state index contributed by atoms with van der Waals surface area (Å²) in [6.45, 7) is 1.00. The van der Waals surface area contributed by atoms with E-state index in [0.29, 0.717) is 23.9 Å². The molecule has 1 aromatic carbocycles. The molecule has 20 heavy (non-hydrogen) atoms. The third kappa shape index (κ3) is 3.61. The molecule has 1 atom stereocenters. The largest absolute Gasteiger partial charge is 0.484 e. The summed E-state index contributed by atoms with van der Waals surface area (Å²) in [6.07, 6.45) is 0. The Morgan fingerprint density at radius 1 is 1.40 bits per heavy atom. The molecule has 0 spiro atoms. The van der Waals surface area contributed by atoms with Crippen molar-refractivity contribution < 1.29 is 19.4 Å². The van der Waals surface area contributed by atoms with Gasteiger partial charge in [0.1, 0.15) is 11.8 Å². The number of hydrogen-bond acceptors (Lipinski definition) is 4. The zero-order chi connectivity index (χ0) is 14.5. The van der Waals surface area contributed by atoms with Gasteiger partial charge in [0.2, 0.25) is 0 Å². The van der Waals surface area contributed by atoms with Crippen molar-refractivity contribution >= 4 is 23.5 Å². The Balaban J connectivity index is 1.93. The number of carbonyl (C=O) groups excluding carboxylic acids is 1. The van der Waals surface area contributed by atoms with Crippen LogP contribution in [0.4, 0.5) is 0 Å². The fraction of sp³-hybridized carbons (Fsp3) is 0.385. The van der Waals surface area contributed by atoms with Crippen molar-refractivity contribution in [3.63, 3.8) is 0 Å². The molecule has 2 N–H and O–H groups in total. The van der Waals surface area contributed by atoms with E-state index < -0.39 is 12.0 Å². The molecule has 0 radical (unpaired) electrons. The van der Waals surface area contributed by atoms with E-state index in [2.05, 4.69) is 5.32 Å². The molecular weight excluding hydrogens is 284 g/mol. The van der Waals surface area contributed by atoms with E-state index in [1.165, 1.54) is 4.90 Å². The summed E-state index contributed by atoms with van der Waals surface area (Å²) in [4.78, 5) is 24.5. The molecule has 6 nitrogen and oxygen atoms in total. The van der Waals surface area contributed by atoms with Gasteiger partial charge in [0.25, 0.3) is 5.91 Å². The molecule has 1 fully saturated rings. The zero-order valence-electron chi connectivity index (χ0n) is 10.7. The molecule has 7 heteroatoms. The summed E-state index contributed by atoms with van der Waals surface area (Å²) >= 11 is 5.75. The van der Waals surface area contributed by atoms with E-state index in [0.717, 1.165) is 0 Å². The van der Waals surface area contributed by atoms with Crippen LogP contribution in [0.25, 0.3) is 0 Å². The normalized spacial score (nSPS) is 18.6.